The van der Waals surface area contributed by atoms with Crippen LogP contribution in [-0.2, 0) is 4.74 Å². The first kappa shape index (κ1) is 12.2. The van der Waals surface area contributed by atoms with Gasteiger partial charge < -0.3 is 15.0 Å². The van der Waals surface area contributed by atoms with Crippen LogP contribution < -0.4 is 5.73 Å². The summed E-state index contributed by atoms with van der Waals surface area (Å²) in [7, 11) is 0. The van der Waals surface area contributed by atoms with E-state index in [9.17, 15) is 0 Å². The lowest BCUT2D eigenvalue weighted by atomic mass is 10.3. The molecule has 5 nitrogen and oxygen atoms in total. The zero-order valence-corrected chi connectivity index (χ0v) is 10.7. The maximum absolute atomic E-state index is 5.88. The molecule has 17 heavy (non-hydrogen) atoms. The Morgan fingerprint density at radius 3 is 3.06 bits per heavy atom. The number of aryl methyl sites for hydroxylation is 1. The van der Waals surface area contributed by atoms with Crippen molar-refractivity contribution in [1.82, 2.24) is 10.1 Å². The van der Waals surface area contributed by atoms with Crippen molar-refractivity contribution in [2.45, 2.75) is 19.9 Å². The van der Waals surface area contributed by atoms with E-state index in [1.807, 2.05) is 25.3 Å². The van der Waals surface area contributed by atoms with Gasteiger partial charge in [-0.1, -0.05) is 5.16 Å². The van der Waals surface area contributed by atoms with Crippen LogP contribution in [0.3, 0.4) is 0 Å². The maximum atomic E-state index is 5.88. The molecule has 0 bridgehead atoms. The Bertz CT molecular complexity index is 481. The minimum absolute atomic E-state index is 0.340. The van der Waals surface area contributed by atoms with E-state index in [2.05, 4.69) is 10.1 Å². The van der Waals surface area contributed by atoms with Gasteiger partial charge in [0.25, 0.3) is 5.89 Å². The fourth-order valence-corrected chi connectivity index (χ4v) is 2.23. The van der Waals surface area contributed by atoms with Gasteiger partial charge in [-0.3, -0.25) is 0 Å². The van der Waals surface area contributed by atoms with Gasteiger partial charge in [0.05, 0.1) is 17.5 Å². The number of aromatic nitrogens is 2. The molecular formula is C11H15N3O2S. The van der Waals surface area contributed by atoms with Gasteiger partial charge in [-0.2, -0.15) is 4.98 Å². The summed E-state index contributed by atoms with van der Waals surface area (Å²) in [6.45, 7) is 4.96. The van der Waals surface area contributed by atoms with Gasteiger partial charge in [0.2, 0.25) is 0 Å². The summed E-state index contributed by atoms with van der Waals surface area (Å²) in [5.41, 5.74) is 7.01. The summed E-state index contributed by atoms with van der Waals surface area (Å²) in [6, 6.07) is 1.68. The molecule has 1 atom stereocenters. The van der Waals surface area contributed by atoms with Crippen LogP contribution in [0, 0.1) is 6.92 Å². The molecule has 0 fully saturated rings. The van der Waals surface area contributed by atoms with Crippen LogP contribution in [0.5, 0.6) is 0 Å². The first-order valence-corrected chi connectivity index (χ1v) is 6.31. The fourth-order valence-electron chi connectivity index (χ4n) is 1.39. The lowest BCUT2D eigenvalue weighted by Gasteiger charge is -2.05. The van der Waals surface area contributed by atoms with E-state index in [1.54, 1.807) is 11.3 Å². The van der Waals surface area contributed by atoms with Gasteiger partial charge in [0.15, 0.2) is 5.82 Å². The average Bonchev–Trinajstić information content (AvgIpc) is 2.93. The van der Waals surface area contributed by atoms with Crippen molar-refractivity contribution < 1.29 is 9.26 Å². The molecule has 2 N–H and O–H groups in total. The van der Waals surface area contributed by atoms with Crippen LogP contribution in [0.1, 0.15) is 24.4 Å². The highest BCUT2D eigenvalue weighted by molar-refractivity contribution is 7.13. The summed E-state index contributed by atoms with van der Waals surface area (Å²) in [4.78, 5) is 5.29. The smallest absolute Gasteiger partial charge is 0.268 e. The van der Waals surface area contributed by atoms with E-state index in [-0.39, 0.29) is 6.04 Å². The second-order valence-corrected chi connectivity index (χ2v) is 4.57. The summed E-state index contributed by atoms with van der Waals surface area (Å²) in [6.07, 6.45) is 0. The summed E-state index contributed by atoms with van der Waals surface area (Å²) >= 11 is 1.58. The molecule has 0 saturated carbocycles. The monoisotopic (exact) mass is 253 g/mol. The van der Waals surface area contributed by atoms with Crippen LogP contribution in [0.2, 0.25) is 0 Å². The van der Waals surface area contributed by atoms with Gasteiger partial charge in [-0.15, -0.1) is 11.3 Å². The third-order valence-corrected chi connectivity index (χ3v) is 3.34. The van der Waals surface area contributed by atoms with Crippen LogP contribution in [-0.4, -0.2) is 23.4 Å². The van der Waals surface area contributed by atoms with Crippen LogP contribution in [0.15, 0.2) is 16.0 Å². The van der Waals surface area contributed by atoms with Crippen molar-refractivity contribution in [2.75, 3.05) is 13.2 Å². The third-order valence-electron chi connectivity index (χ3n) is 2.33. The lowest BCUT2D eigenvalue weighted by Crippen LogP contribution is -2.18. The van der Waals surface area contributed by atoms with Gasteiger partial charge in [0.1, 0.15) is 0 Å². The van der Waals surface area contributed by atoms with E-state index in [4.69, 9.17) is 15.0 Å². The molecule has 0 radical (unpaired) electrons. The largest absolute Gasteiger partial charge is 0.380 e. The summed E-state index contributed by atoms with van der Waals surface area (Å²) in [5.74, 6) is 1.01. The second kappa shape index (κ2) is 5.39. The van der Waals surface area contributed by atoms with Gasteiger partial charge in [0, 0.05) is 6.61 Å². The molecular weight excluding hydrogens is 238 g/mol. The third kappa shape index (κ3) is 2.71. The molecule has 1 unspecified atom stereocenters. The topological polar surface area (TPSA) is 74.2 Å². The molecule has 0 aromatic carbocycles. The minimum atomic E-state index is -0.340. The number of nitrogens with two attached hydrogens (primary N) is 1. The Morgan fingerprint density at radius 1 is 1.59 bits per heavy atom. The molecule has 0 aliphatic carbocycles. The normalized spacial score (nSPS) is 12.9. The first-order valence-electron chi connectivity index (χ1n) is 5.43. The Kier molecular flexibility index (Phi) is 3.88. The van der Waals surface area contributed by atoms with Crippen LogP contribution >= 0.6 is 11.3 Å². The summed E-state index contributed by atoms with van der Waals surface area (Å²) in [5, 5.41) is 5.88. The van der Waals surface area contributed by atoms with E-state index < -0.39 is 0 Å². The van der Waals surface area contributed by atoms with Crippen molar-refractivity contribution >= 4 is 11.3 Å². The fraction of sp³-hybridized carbons (Fsp3) is 0.455. The molecule has 0 aliphatic heterocycles. The molecule has 0 saturated heterocycles. The van der Waals surface area contributed by atoms with Crippen molar-refractivity contribution in [3.05, 3.63) is 22.8 Å². The van der Waals surface area contributed by atoms with Crippen LogP contribution in [0.4, 0.5) is 0 Å². The standard InChI is InChI=1S/C11H15N3O2S/c1-3-15-6-8(12)10-13-11(16-14-10)9-7(2)4-5-17-9/h4-5,8H,3,6,12H2,1-2H3. The number of hydrogen-bond donors (Lipinski definition) is 1. The highest BCUT2D eigenvalue weighted by Gasteiger charge is 2.17. The molecule has 2 heterocycles. The lowest BCUT2D eigenvalue weighted by molar-refractivity contribution is 0.130. The van der Waals surface area contributed by atoms with Gasteiger partial charge in [-0.25, -0.2) is 0 Å². The molecule has 2 rings (SSSR count). The number of thiophene rings is 1. The maximum Gasteiger partial charge on any atom is 0.268 e. The molecule has 6 heteroatoms. The molecule has 0 spiro atoms. The van der Waals surface area contributed by atoms with Gasteiger partial charge >= 0.3 is 0 Å². The highest BCUT2D eigenvalue weighted by atomic mass is 32.1. The summed E-state index contributed by atoms with van der Waals surface area (Å²) < 4.78 is 10.4. The van der Waals surface area contributed by atoms with Crippen molar-refractivity contribution in [3.63, 3.8) is 0 Å². The Balaban J connectivity index is 2.13. The minimum Gasteiger partial charge on any atom is -0.380 e. The zero-order chi connectivity index (χ0) is 12.3. The predicted molar refractivity (Wildman–Crippen MR) is 65.8 cm³/mol. The average molecular weight is 253 g/mol. The Morgan fingerprint density at radius 2 is 2.41 bits per heavy atom. The Labute approximate surface area is 104 Å². The Hall–Kier alpha value is -1.24. The van der Waals surface area contributed by atoms with Gasteiger partial charge in [-0.05, 0) is 30.9 Å². The number of hydrogen-bond acceptors (Lipinski definition) is 6. The predicted octanol–water partition coefficient (Wildman–Crippen LogP) is 2.14. The first-order chi connectivity index (χ1) is 8.22. The van der Waals surface area contributed by atoms with Crippen molar-refractivity contribution in [3.8, 4) is 10.8 Å². The highest BCUT2D eigenvalue weighted by Crippen LogP contribution is 2.27. The second-order valence-electron chi connectivity index (χ2n) is 3.66. The molecule has 2 aromatic heterocycles. The van der Waals surface area contributed by atoms with E-state index >= 15 is 0 Å². The van der Waals surface area contributed by atoms with E-state index in [0.717, 1.165) is 10.4 Å². The SMILES string of the molecule is CCOCC(N)c1noc(-c2sccc2C)n1. The zero-order valence-electron chi connectivity index (χ0n) is 9.84. The number of ether oxygens (including phenoxy) is 1. The van der Waals surface area contributed by atoms with Crippen molar-refractivity contribution in [1.29, 1.82) is 0 Å². The van der Waals surface area contributed by atoms with Crippen molar-refractivity contribution in [2.24, 2.45) is 5.73 Å². The molecule has 0 amide bonds. The number of nitrogens with zero attached hydrogens (tertiary/aromatic N) is 2. The quantitative estimate of drug-likeness (QED) is 0.883. The van der Waals surface area contributed by atoms with Crippen LogP contribution in [0.25, 0.3) is 10.8 Å². The molecule has 92 valence electrons. The van der Waals surface area contributed by atoms with E-state index in [1.165, 1.54) is 0 Å². The molecule has 2 aromatic rings. The number of rotatable bonds is 5. The van der Waals surface area contributed by atoms with E-state index in [0.29, 0.717) is 24.9 Å². The molecule has 0 aliphatic rings.